The van der Waals surface area contributed by atoms with Crippen LogP contribution in [0.4, 0.5) is 0 Å². The molecule has 1 aromatic carbocycles. The van der Waals surface area contributed by atoms with E-state index in [1.54, 1.807) is 12.3 Å². The third-order valence-electron chi connectivity index (χ3n) is 4.34. The van der Waals surface area contributed by atoms with Crippen molar-refractivity contribution in [1.29, 1.82) is 0 Å². The molecule has 148 valence electrons. The molecule has 8 nitrogen and oxygen atoms in total. The van der Waals surface area contributed by atoms with Gasteiger partial charge in [0.05, 0.1) is 6.04 Å². The van der Waals surface area contributed by atoms with Gasteiger partial charge in [0, 0.05) is 31.9 Å². The molecule has 0 saturated carbocycles. The second kappa shape index (κ2) is 9.50. The molecule has 3 aromatic rings. The number of piperazine rings is 1. The van der Waals surface area contributed by atoms with E-state index >= 15 is 0 Å². The number of halogens is 1. The van der Waals surface area contributed by atoms with Crippen molar-refractivity contribution >= 4 is 12.4 Å². The van der Waals surface area contributed by atoms with E-state index < -0.39 is 0 Å². The summed E-state index contributed by atoms with van der Waals surface area (Å²) in [7, 11) is 2.06. The molecule has 1 saturated heterocycles. The van der Waals surface area contributed by atoms with Crippen LogP contribution in [0.2, 0.25) is 0 Å². The van der Waals surface area contributed by atoms with Gasteiger partial charge in [-0.3, -0.25) is 4.90 Å². The maximum atomic E-state index is 5.73. The van der Waals surface area contributed by atoms with Crippen molar-refractivity contribution in [2.75, 3.05) is 26.7 Å². The van der Waals surface area contributed by atoms with Crippen molar-refractivity contribution in [2.45, 2.75) is 12.6 Å². The van der Waals surface area contributed by atoms with Crippen LogP contribution in [-0.4, -0.2) is 46.7 Å². The normalized spacial score (nSPS) is 17.0. The number of hydrogen-bond donors (Lipinski definition) is 1. The van der Waals surface area contributed by atoms with E-state index in [-0.39, 0.29) is 25.1 Å². The molecule has 2 aromatic heterocycles. The number of hydrogen-bond acceptors (Lipinski definition) is 8. The minimum Gasteiger partial charge on any atom is -0.484 e. The zero-order chi connectivity index (χ0) is 18.5. The Morgan fingerprint density at radius 1 is 1.18 bits per heavy atom. The lowest BCUT2D eigenvalue weighted by atomic mass is 10.2. The summed E-state index contributed by atoms with van der Waals surface area (Å²) in [4.78, 5) is 10.8. The number of aromatic nitrogens is 3. The highest BCUT2D eigenvalue weighted by Gasteiger charge is 2.25. The largest absolute Gasteiger partial charge is 0.484 e. The van der Waals surface area contributed by atoms with Gasteiger partial charge < -0.3 is 19.3 Å². The molecule has 1 N–H and O–H groups in total. The fourth-order valence-electron chi connectivity index (χ4n) is 2.83. The molecule has 1 atom stereocenters. The first-order valence-corrected chi connectivity index (χ1v) is 8.83. The molecule has 1 aliphatic heterocycles. The van der Waals surface area contributed by atoms with Crippen molar-refractivity contribution in [3.8, 4) is 17.4 Å². The average Bonchev–Trinajstić information content (AvgIpc) is 3.17. The van der Waals surface area contributed by atoms with E-state index in [4.69, 9.17) is 14.0 Å². The number of likely N-dealkylation sites (N-methyl/N-ethyl adjacent to an activating group) is 1. The van der Waals surface area contributed by atoms with E-state index in [0.717, 1.165) is 19.6 Å². The summed E-state index contributed by atoms with van der Waals surface area (Å²) >= 11 is 0. The van der Waals surface area contributed by atoms with Gasteiger partial charge in [0.1, 0.15) is 11.5 Å². The Balaban J connectivity index is 0.00000225. The number of nitrogens with zero attached hydrogens (tertiary/aromatic N) is 4. The van der Waals surface area contributed by atoms with Gasteiger partial charge >= 0.3 is 0 Å². The smallest absolute Gasteiger partial charge is 0.264 e. The van der Waals surface area contributed by atoms with Crippen molar-refractivity contribution in [3.63, 3.8) is 0 Å². The van der Waals surface area contributed by atoms with Gasteiger partial charge in [0.2, 0.25) is 5.88 Å². The van der Waals surface area contributed by atoms with Crippen LogP contribution in [0.15, 0.2) is 53.2 Å². The molecule has 1 unspecified atom stereocenters. The topological polar surface area (TPSA) is 85.5 Å². The summed E-state index contributed by atoms with van der Waals surface area (Å²) in [5.74, 6) is 3.07. The Morgan fingerprint density at radius 3 is 2.75 bits per heavy atom. The van der Waals surface area contributed by atoms with Crippen LogP contribution in [0.1, 0.15) is 17.8 Å². The zero-order valence-electron chi connectivity index (χ0n) is 15.4. The first-order chi connectivity index (χ1) is 13.3. The van der Waals surface area contributed by atoms with Crippen LogP contribution >= 0.6 is 12.4 Å². The standard InChI is InChI=1S/C19H21N5O3.ClH/c1-24-11-10-20-12-16(24)19-22-18(27-23-19)13-25-14-5-7-15(8-6-14)26-17-4-2-3-9-21-17;/h2-9,16,20H,10-13H2,1H3;1H. The monoisotopic (exact) mass is 403 g/mol. The van der Waals surface area contributed by atoms with E-state index in [0.29, 0.717) is 29.1 Å². The Morgan fingerprint density at radius 2 is 2.00 bits per heavy atom. The van der Waals surface area contributed by atoms with Crippen LogP contribution in [-0.2, 0) is 6.61 Å². The first kappa shape index (κ1) is 20.1. The number of ether oxygens (including phenoxy) is 2. The number of benzene rings is 1. The lowest BCUT2D eigenvalue weighted by Gasteiger charge is -2.30. The minimum absolute atomic E-state index is 0. The molecule has 1 fully saturated rings. The van der Waals surface area contributed by atoms with Gasteiger partial charge in [0.15, 0.2) is 12.4 Å². The van der Waals surface area contributed by atoms with Gasteiger partial charge in [-0.25, -0.2) is 4.98 Å². The summed E-state index contributed by atoms with van der Waals surface area (Å²) in [6.45, 7) is 2.96. The summed E-state index contributed by atoms with van der Waals surface area (Å²) < 4.78 is 16.7. The Hall–Kier alpha value is -2.68. The van der Waals surface area contributed by atoms with E-state index in [1.807, 2.05) is 36.4 Å². The molecular formula is C19H22ClN5O3. The molecule has 0 bridgehead atoms. The maximum absolute atomic E-state index is 5.73. The predicted molar refractivity (Wildman–Crippen MR) is 105 cm³/mol. The van der Waals surface area contributed by atoms with Crippen LogP contribution in [0, 0.1) is 0 Å². The Kier molecular flexibility index (Phi) is 6.80. The van der Waals surface area contributed by atoms with E-state index in [2.05, 4.69) is 32.4 Å². The molecule has 28 heavy (non-hydrogen) atoms. The van der Waals surface area contributed by atoms with Crippen molar-refractivity contribution in [3.05, 3.63) is 60.4 Å². The van der Waals surface area contributed by atoms with Crippen LogP contribution < -0.4 is 14.8 Å². The first-order valence-electron chi connectivity index (χ1n) is 8.83. The van der Waals surface area contributed by atoms with Crippen molar-refractivity contribution < 1.29 is 14.0 Å². The predicted octanol–water partition coefficient (Wildman–Crippen LogP) is 2.83. The van der Waals surface area contributed by atoms with Gasteiger partial charge in [0.25, 0.3) is 5.89 Å². The Labute approximate surface area is 169 Å². The zero-order valence-corrected chi connectivity index (χ0v) is 16.3. The SMILES string of the molecule is CN1CCNCC1c1noc(COc2ccc(Oc3ccccn3)cc2)n1.Cl. The maximum Gasteiger partial charge on any atom is 0.264 e. The molecule has 0 aliphatic carbocycles. The second-order valence-corrected chi connectivity index (χ2v) is 6.28. The number of nitrogens with one attached hydrogen (secondary N) is 1. The highest BCUT2D eigenvalue weighted by atomic mass is 35.5. The molecule has 0 radical (unpaired) electrons. The van der Waals surface area contributed by atoms with Gasteiger partial charge in [-0.05, 0) is 37.4 Å². The lowest BCUT2D eigenvalue weighted by Crippen LogP contribution is -2.44. The van der Waals surface area contributed by atoms with Gasteiger partial charge in [-0.2, -0.15) is 4.98 Å². The third-order valence-corrected chi connectivity index (χ3v) is 4.34. The summed E-state index contributed by atoms with van der Waals surface area (Å²) in [5.41, 5.74) is 0. The van der Waals surface area contributed by atoms with Crippen LogP contribution in [0.3, 0.4) is 0 Å². The molecule has 0 amide bonds. The molecule has 9 heteroatoms. The molecule has 4 rings (SSSR count). The van der Waals surface area contributed by atoms with Crippen molar-refractivity contribution in [2.24, 2.45) is 0 Å². The van der Waals surface area contributed by atoms with E-state index in [1.165, 1.54) is 0 Å². The summed E-state index contributed by atoms with van der Waals surface area (Å²) in [6, 6.07) is 13.0. The van der Waals surface area contributed by atoms with Crippen LogP contribution in [0.5, 0.6) is 17.4 Å². The second-order valence-electron chi connectivity index (χ2n) is 6.28. The quantitative estimate of drug-likeness (QED) is 0.672. The lowest BCUT2D eigenvalue weighted by molar-refractivity contribution is 0.189. The Bertz CT molecular complexity index is 860. The summed E-state index contributed by atoms with van der Waals surface area (Å²) in [6.07, 6.45) is 1.69. The number of rotatable bonds is 6. The fraction of sp³-hybridized carbons (Fsp3) is 0.316. The minimum atomic E-state index is 0. The van der Waals surface area contributed by atoms with Gasteiger partial charge in [-0.1, -0.05) is 11.2 Å². The fourth-order valence-corrected chi connectivity index (χ4v) is 2.83. The summed E-state index contributed by atoms with van der Waals surface area (Å²) in [5, 5.41) is 7.43. The average molecular weight is 404 g/mol. The van der Waals surface area contributed by atoms with Crippen LogP contribution in [0.25, 0.3) is 0 Å². The van der Waals surface area contributed by atoms with Gasteiger partial charge in [-0.15, -0.1) is 12.4 Å². The molecule has 0 spiro atoms. The van der Waals surface area contributed by atoms with Crippen molar-refractivity contribution in [1.82, 2.24) is 25.3 Å². The third kappa shape index (κ3) is 4.98. The molecule has 1 aliphatic rings. The molecular weight excluding hydrogens is 382 g/mol. The highest BCUT2D eigenvalue weighted by Crippen LogP contribution is 2.23. The highest BCUT2D eigenvalue weighted by molar-refractivity contribution is 5.85. The number of pyridine rings is 1. The molecule has 3 heterocycles. The van der Waals surface area contributed by atoms with E-state index in [9.17, 15) is 0 Å².